The molecule has 2 aliphatic rings. The van der Waals surface area contributed by atoms with Crippen molar-refractivity contribution < 1.29 is 9.59 Å². The Hall–Kier alpha value is -1.58. The van der Waals surface area contributed by atoms with Crippen LogP contribution < -0.4 is 10.6 Å². The third-order valence-electron chi connectivity index (χ3n) is 5.93. The molecule has 2 rings (SSSR count). The van der Waals surface area contributed by atoms with Crippen LogP contribution in [0.25, 0.3) is 0 Å². The van der Waals surface area contributed by atoms with E-state index >= 15 is 0 Å². The van der Waals surface area contributed by atoms with E-state index in [1.54, 1.807) is 0 Å². The fraction of sp³-hybridized carbons (Fsp3) is 0.769. The average Bonchev–Trinajstić information content (AvgIpc) is 3.46. The number of nitrogens with one attached hydrogen (secondary N) is 2. The third-order valence-corrected chi connectivity index (χ3v) is 5.93. The van der Waals surface area contributed by atoms with Gasteiger partial charge in [0.1, 0.15) is 0 Å². The molecule has 4 heteroatoms. The molecule has 0 saturated heterocycles. The number of allylic oxidation sites excluding steroid dienone is 2. The van der Waals surface area contributed by atoms with E-state index in [0.29, 0.717) is 23.7 Å². The molecule has 2 fully saturated rings. The summed E-state index contributed by atoms with van der Waals surface area (Å²) in [6.45, 7) is 20.7. The lowest BCUT2D eigenvalue weighted by atomic mass is 10.1. The minimum absolute atomic E-state index is 0.0206. The number of amides is 2. The number of carbonyl (C=O) groups excluding carboxylic acids is 2. The Bertz CT molecular complexity index is 591. The number of hydrogen-bond acceptors (Lipinski definition) is 2. The van der Waals surface area contributed by atoms with Crippen molar-refractivity contribution in [2.45, 2.75) is 93.2 Å². The lowest BCUT2D eigenvalue weighted by Gasteiger charge is -2.15. The van der Waals surface area contributed by atoms with E-state index < -0.39 is 0 Å². The second-order valence-corrected chi connectivity index (χ2v) is 11.0. The van der Waals surface area contributed by atoms with Crippen LogP contribution in [0.5, 0.6) is 0 Å². The molecule has 2 aliphatic carbocycles. The predicted octanol–water partition coefficient (Wildman–Crippen LogP) is 5.50. The van der Waals surface area contributed by atoms with Gasteiger partial charge in [-0.3, -0.25) is 9.59 Å². The Kier molecular flexibility index (Phi) is 9.38. The Morgan fingerprint density at radius 3 is 1.23 bits per heavy atom. The van der Waals surface area contributed by atoms with Crippen molar-refractivity contribution in [2.24, 2.45) is 35.5 Å². The molecule has 30 heavy (non-hydrogen) atoms. The van der Waals surface area contributed by atoms with Gasteiger partial charge in [0.25, 0.3) is 0 Å². The molecule has 2 saturated carbocycles. The summed E-state index contributed by atoms with van der Waals surface area (Å²) in [6.07, 6.45) is 11.1. The molecule has 172 valence electrons. The zero-order valence-electron chi connectivity index (χ0n) is 21.0. The first-order valence-corrected chi connectivity index (χ1v) is 11.7. The quantitative estimate of drug-likeness (QED) is 0.511. The van der Waals surface area contributed by atoms with Gasteiger partial charge in [0.2, 0.25) is 11.8 Å². The number of carbonyl (C=O) groups is 2. The first-order valence-electron chi connectivity index (χ1n) is 11.7. The van der Waals surface area contributed by atoms with E-state index in [1.807, 2.05) is 27.7 Å². The summed E-state index contributed by atoms with van der Waals surface area (Å²) >= 11 is 0. The molecule has 2 unspecified atom stereocenters. The van der Waals surface area contributed by atoms with Crippen molar-refractivity contribution in [3.05, 3.63) is 24.3 Å². The van der Waals surface area contributed by atoms with Crippen LogP contribution in [-0.4, -0.2) is 22.9 Å². The number of rotatable bonds is 8. The molecule has 0 aromatic carbocycles. The molecule has 2 amide bonds. The highest BCUT2D eigenvalue weighted by molar-refractivity contribution is 5.79. The summed E-state index contributed by atoms with van der Waals surface area (Å²) in [5.74, 6) is 2.74. The molecule has 4 nitrogen and oxygen atoms in total. The minimum atomic E-state index is 0.0206. The maximum Gasteiger partial charge on any atom is 0.222 e. The molecule has 4 atom stereocenters. The lowest BCUT2D eigenvalue weighted by molar-refractivity contribution is -0.125. The Labute approximate surface area is 185 Å². The Morgan fingerprint density at radius 1 is 0.700 bits per heavy atom. The van der Waals surface area contributed by atoms with E-state index in [4.69, 9.17) is 0 Å². The minimum Gasteiger partial charge on any atom is -0.350 e. The molecular formula is C26H46N2O2. The summed E-state index contributed by atoms with van der Waals surface area (Å²) in [5, 5.41) is 6.23. The zero-order valence-corrected chi connectivity index (χ0v) is 21.0. The van der Waals surface area contributed by atoms with Gasteiger partial charge in [0.15, 0.2) is 0 Å². The molecule has 0 aromatic heterocycles. The fourth-order valence-electron chi connectivity index (χ4n) is 3.21. The van der Waals surface area contributed by atoms with Gasteiger partial charge < -0.3 is 10.6 Å². The normalized spacial score (nSPS) is 30.2. The van der Waals surface area contributed by atoms with Gasteiger partial charge in [-0.25, -0.2) is 0 Å². The highest BCUT2D eigenvalue weighted by Crippen LogP contribution is 2.45. The second kappa shape index (κ2) is 10.6. The van der Waals surface area contributed by atoms with Crippen LogP contribution >= 0.6 is 0 Å². The maximum absolute atomic E-state index is 11.5. The highest BCUT2D eigenvalue weighted by Gasteiger charge is 2.50. The van der Waals surface area contributed by atoms with Crippen LogP contribution in [0.15, 0.2) is 24.3 Å². The van der Waals surface area contributed by atoms with Crippen molar-refractivity contribution in [2.75, 3.05) is 0 Å². The van der Waals surface area contributed by atoms with Crippen LogP contribution in [-0.2, 0) is 9.59 Å². The van der Waals surface area contributed by atoms with Gasteiger partial charge in [-0.1, -0.05) is 79.7 Å². The smallest absolute Gasteiger partial charge is 0.222 e. The molecule has 0 aliphatic heterocycles. The summed E-state index contributed by atoms with van der Waals surface area (Å²) in [6, 6.07) is 0. The van der Waals surface area contributed by atoms with E-state index in [9.17, 15) is 9.59 Å². The van der Waals surface area contributed by atoms with Crippen molar-refractivity contribution in [1.82, 2.24) is 10.6 Å². The standard InChI is InChI=1S/2C13H23NO/c2*1-9(2)6-7-11-8-13(11,5)14-12(15)10(3)4/h2*6-7,9-11H,8H2,1-5H3,(H,14,15)/b7-6+;7-6-/t2*11?,13-/m11/s1. The van der Waals surface area contributed by atoms with E-state index in [0.717, 1.165) is 12.8 Å². The molecule has 2 N–H and O–H groups in total. The van der Waals surface area contributed by atoms with Crippen LogP contribution in [0.3, 0.4) is 0 Å². The van der Waals surface area contributed by atoms with Crippen molar-refractivity contribution >= 4 is 11.8 Å². The van der Waals surface area contributed by atoms with Gasteiger partial charge in [-0.2, -0.15) is 0 Å². The van der Waals surface area contributed by atoms with Crippen molar-refractivity contribution in [3.63, 3.8) is 0 Å². The van der Waals surface area contributed by atoms with Gasteiger partial charge in [0.05, 0.1) is 0 Å². The van der Waals surface area contributed by atoms with E-state index in [1.165, 1.54) is 0 Å². The summed E-state index contributed by atoms with van der Waals surface area (Å²) in [5.41, 5.74) is 0.0412. The average molecular weight is 419 g/mol. The van der Waals surface area contributed by atoms with E-state index in [2.05, 4.69) is 76.5 Å². The molecule has 0 heterocycles. The molecule has 0 spiro atoms. The summed E-state index contributed by atoms with van der Waals surface area (Å²) in [4.78, 5) is 23.1. The Morgan fingerprint density at radius 2 is 1.00 bits per heavy atom. The summed E-state index contributed by atoms with van der Waals surface area (Å²) in [7, 11) is 0. The van der Waals surface area contributed by atoms with Crippen LogP contribution in [0.1, 0.15) is 82.1 Å². The van der Waals surface area contributed by atoms with Gasteiger partial charge >= 0.3 is 0 Å². The largest absolute Gasteiger partial charge is 0.350 e. The monoisotopic (exact) mass is 418 g/mol. The van der Waals surface area contributed by atoms with Crippen molar-refractivity contribution in [3.8, 4) is 0 Å². The fourth-order valence-corrected chi connectivity index (χ4v) is 3.21. The molecule has 0 bridgehead atoms. The highest BCUT2D eigenvalue weighted by atomic mass is 16.2. The zero-order chi connectivity index (χ0) is 23.3. The van der Waals surface area contributed by atoms with Crippen molar-refractivity contribution in [1.29, 1.82) is 0 Å². The van der Waals surface area contributed by atoms with Gasteiger partial charge in [-0.05, 0) is 38.5 Å². The molecule has 0 aromatic rings. The Balaban J connectivity index is 0.000000300. The topological polar surface area (TPSA) is 58.2 Å². The first kappa shape index (κ1) is 26.5. The predicted molar refractivity (Wildman–Crippen MR) is 127 cm³/mol. The molecular weight excluding hydrogens is 372 g/mol. The van der Waals surface area contributed by atoms with Gasteiger partial charge in [0, 0.05) is 34.7 Å². The molecule has 0 radical (unpaired) electrons. The van der Waals surface area contributed by atoms with Crippen LogP contribution in [0, 0.1) is 35.5 Å². The van der Waals surface area contributed by atoms with Crippen LogP contribution in [0.2, 0.25) is 0 Å². The van der Waals surface area contributed by atoms with Crippen LogP contribution in [0.4, 0.5) is 0 Å². The maximum atomic E-state index is 11.5. The summed E-state index contributed by atoms with van der Waals surface area (Å²) < 4.78 is 0. The number of hydrogen-bond donors (Lipinski definition) is 2. The lowest BCUT2D eigenvalue weighted by Crippen LogP contribution is -2.38. The first-order chi connectivity index (χ1) is 13.7. The SMILES string of the molecule is CC(C)/C=C/C1C[C@@]1(C)NC(=O)C(C)C.CC(C)/C=C\C1C[C@@]1(C)NC(=O)C(C)C. The van der Waals surface area contributed by atoms with Gasteiger partial charge in [-0.15, -0.1) is 0 Å². The van der Waals surface area contributed by atoms with E-state index in [-0.39, 0.29) is 34.7 Å². The third kappa shape index (κ3) is 8.65. The second-order valence-electron chi connectivity index (χ2n) is 11.0.